The van der Waals surface area contributed by atoms with Gasteiger partial charge in [0.05, 0.1) is 11.6 Å². The number of benzene rings is 3. The maximum atomic E-state index is 13.3. The van der Waals surface area contributed by atoms with Crippen molar-refractivity contribution in [1.29, 1.82) is 0 Å². The first-order valence-corrected chi connectivity index (χ1v) is 10.2. The third-order valence-corrected chi connectivity index (χ3v) is 5.91. The molecule has 1 atom stereocenters. The van der Waals surface area contributed by atoms with Crippen molar-refractivity contribution in [2.75, 3.05) is 0 Å². The van der Waals surface area contributed by atoms with Crippen LogP contribution in [0.2, 0.25) is 0 Å². The standard InChI is InChI=1S/C26H22N2O2/c1-17-15-20-13-8-14-21-24(20)28(17)16-22(25(21)29)26(30)27-23(18-9-4-2-5-10-18)19-11-6-3-7-12-19/h2-14,16-17,23H,15H2,1H3,(H,27,30). The Hall–Kier alpha value is -3.66. The summed E-state index contributed by atoms with van der Waals surface area (Å²) in [5.74, 6) is -0.354. The van der Waals surface area contributed by atoms with Gasteiger partial charge in [-0.15, -0.1) is 0 Å². The van der Waals surface area contributed by atoms with E-state index in [1.807, 2.05) is 72.8 Å². The lowest BCUT2D eigenvalue weighted by Gasteiger charge is -2.20. The molecule has 1 aliphatic rings. The number of para-hydroxylation sites is 1. The van der Waals surface area contributed by atoms with Crippen molar-refractivity contribution >= 4 is 16.8 Å². The number of rotatable bonds is 4. The van der Waals surface area contributed by atoms with Crippen LogP contribution >= 0.6 is 0 Å². The number of hydrogen-bond donors (Lipinski definition) is 1. The number of amides is 1. The summed E-state index contributed by atoms with van der Waals surface area (Å²) in [5.41, 5.74) is 4.03. The van der Waals surface area contributed by atoms with Crippen molar-refractivity contribution in [2.45, 2.75) is 25.4 Å². The monoisotopic (exact) mass is 394 g/mol. The highest BCUT2D eigenvalue weighted by Crippen LogP contribution is 2.31. The summed E-state index contributed by atoms with van der Waals surface area (Å²) < 4.78 is 2.07. The molecule has 0 saturated carbocycles. The third kappa shape index (κ3) is 3.01. The van der Waals surface area contributed by atoms with E-state index in [-0.39, 0.29) is 29.0 Å². The molecule has 1 N–H and O–H groups in total. The molecule has 1 aromatic heterocycles. The summed E-state index contributed by atoms with van der Waals surface area (Å²) in [6.45, 7) is 2.11. The van der Waals surface area contributed by atoms with Gasteiger partial charge in [0.15, 0.2) is 0 Å². The van der Waals surface area contributed by atoms with Gasteiger partial charge in [-0.2, -0.15) is 0 Å². The molecule has 30 heavy (non-hydrogen) atoms. The summed E-state index contributed by atoms with van der Waals surface area (Å²) in [6, 6.07) is 25.3. The lowest BCUT2D eigenvalue weighted by molar-refractivity contribution is 0.0941. The van der Waals surface area contributed by atoms with Crippen LogP contribution in [-0.4, -0.2) is 10.5 Å². The molecular weight excluding hydrogens is 372 g/mol. The van der Waals surface area contributed by atoms with Gasteiger partial charge in [0, 0.05) is 17.6 Å². The van der Waals surface area contributed by atoms with Crippen LogP contribution in [-0.2, 0) is 6.42 Å². The van der Waals surface area contributed by atoms with Crippen LogP contribution in [0.1, 0.15) is 46.1 Å². The average Bonchev–Trinajstić information content (AvgIpc) is 3.11. The fourth-order valence-electron chi connectivity index (χ4n) is 4.44. The van der Waals surface area contributed by atoms with Crippen LogP contribution in [0.4, 0.5) is 0 Å². The Labute approximate surface area is 174 Å². The maximum absolute atomic E-state index is 13.3. The lowest BCUT2D eigenvalue weighted by Crippen LogP contribution is -2.33. The molecule has 4 nitrogen and oxygen atoms in total. The molecule has 4 aromatic rings. The number of nitrogens with one attached hydrogen (secondary N) is 1. The predicted molar refractivity (Wildman–Crippen MR) is 119 cm³/mol. The highest BCUT2D eigenvalue weighted by atomic mass is 16.2. The molecule has 1 unspecified atom stereocenters. The predicted octanol–water partition coefficient (Wildman–Crippen LogP) is 4.64. The molecule has 0 aliphatic carbocycles. The van der Waals surface area contributed by atoms with Gasteiger partial charge in [0.25, 0.3) is 5.91 Å². The van der Waals surface area contributed by atoms with Crippen molar-refractivity contribution < 1.29 is 4.79 Å². The van der Waals surface area contributed by atoms with Gasteiger partial charge >= 0.3 is 0 Å². The van der Waals surface area contributed by atoms with Crippen LogP contribution in [0, 0.1) is 0 Å². The largest absolute Gasteiger partial charge is 0.343 e. The fourth-order valence-corrected chi connectivity index (χ4v) is 4.44. The number of aromatic nitrogens is 1. The van der Waals surface area contributed by atoms with E-state index in [1.54, 1.807) is 6.20 Å². The van der Waals surface area contributed by atoms with Gasteiger partial charge in [0.1, 0.15) is 5.56 Å². The van der Waals surface area contributed by atoms with E-state index >= 15 is 0 Å². The van der Waals surface area contributed by atoms with Gasteiger partial charge < -0.3 is 9.88 Å². The zero-order valence-electron chi connectivity index (χ0n) is 16.7. The molecule has 0 saturated heterocycles. The minimum absolute atomic E-state index is 0.185. The van der Waals surface area contributed by atoms with Crippen molar-refractivity contribution in [3.8, 4) is 0 Å². The van der Waals surface area contributed by atoms with E-state index in [0.717, 1.165) is 28.6 Å². The minimum atomic E-state index is -0.354. The maximum Gasteiger partial charge on any atom is 0.257 e. The van der Waals surface area contributed by atoms with Gasteiger partial charge in [-0.05, 0) is 36.1 Å². The summed E-state index contributed by atoms with van der Waals surface area (Å²) in [5, 5.41) is 3.71. The Balaban J connectivity index is 1.59. The average molecular weight is 394 g/mol. The number of hydrogen-bond acceptors (Lipinski definition) is 2. The smallest absolute Gasteiger partial charge is 0.257 e. The van der Waals surface area contributed by atoms with Crippen molar-refractivity contribution in [3.63, 3.8) is 0 Å². The lowest BCUT2D eigenvalue weighted by atomic mass is 9.98. The second kappa shape index (κ2) is 7.30. The summed E-state index contributed by atoms with van der Waals surface area (Å²) >= 11 is 0. The molecule has 2 heterocycles. The molecule has 0 radical (unpaired) electrons. The molecule has 1 amide bonds. The molecule has 0 bridgehead atoms. The molecule has 5 rings (SSSR count). The van der Waals surface area contributed by atoms with Gasteiger partial charge in [0.2, 0.25) is 5.43 Å². The van der Waals surface area contributed by atoms with E-state index < -0.39 is 0 Å². The Morgan fingerprint density at radius 2 is 1.57 bits per heavy atom. The van der Waals surface area contributed by atoms with Gasteiger partial charge in [-0.25, -0.2) is 0 Å². The molecule has 3 aromatic carbocycles. The first-order chi connectivity index (χ1) is 14.6. The fraction of sp³-hybridized carbons (Fsp3) is 0.154. The summed E-state index contributed by atoms with van der Waals surface area (Å²) in [7, 11) is 0. The molecule has 4 heteroatoms. The second-order valence-electron chi connectivity index (χ2n) is 7.87. The number of pyridine rings is 1. The quantitative estimate of drug-likeness (QED) is 0.548. The first-order valence-electron chi connectivity index (χ1n) is 10.2. The number of nitrogens with zero attached hydrogens (tertiary/aromatic N) is 1. The SMILES string of the molecule is CC1Cc2cccc3c(=O)c(C(=O)NC(c4ccccc4)c4ccccc4)cn1c23. The van der Waals surface area contributed by atoms with E-state index in [2.05, 4.69) is 22.9 Å². The Bertz CT molecular complexity index is 1250. The zero-order valence-corrected chi connectivity index (χ0v) is 16.7. The zero-order chi connectivity index (χ0) is 20.7. The highest BCUT2D eigenvalue weighted by molar-refractivity contribution is 5.98. The van der Waals surface area contributed by atoms with E-state index in [1.165, 1.54) is 0 Å². The van der Waals surface area contributed by atoms with Crippen LogP contribution < -0.4 is 10.7 Å². The molecule has 148 valence electrons. The second-order valence-corrected chi connectivity index (χ2v) is 7.87. The van der Waals surface area contributed by atoms with Gasteiger partial charge in [-0.3, -0.25) is 9.59 Å². The number of carbonyl (C=O) groups excluding carboxylic acids is 1. The normalized spacial score (nSPS) is 14.9. The van der Waals surface area contributed by atoms with Crippen molar-refractivity contribution in [2.24, 2.45) is 0 Å². The van der Waals surface area contributed by atoms with Crippen LogP contribution in [0.15, 0.2) is 89.9 Å². The minimum Gasteiger partial charge on any atom is -0.343 e. The van der Waals surface area contributed by atoms with Gasteiger partial charge in [-0.1, -0.05) is 72.8 Å². The number of carbonyl (C=O) groups is 1. The topological polar surface area (TPSA) is 51.1 Å². The van der Waals surface area contributed by atoms with Crippen LogP contribution in [0.25, 0.3) is 10.9 Å². The molecule has 0 spiro atoms. The van der Waals surface area contributed by atoms with Crippen molar-refractivity contribution in [1.82, 2.24) is 9.88 Å². The molecule has 0 fully saturated rings. The van der Waals surface area contributed by atoms with Crippen molar-refractivity contribution in [3.05, 3.63) is 118 Å². The van der Waals surface area contributed by atoms with E-state index in [0.29, 0.717) is 5.39 Å². The summed E-state index contributed by atoms with van der Waals surface area (Å²) in [4.78, 5) is 26.5. The Kier molecular flexibility index (Phi) is 4.47. The van der Waals surface area contributed by atoms with Crippen LogP contribution in [0.3, 0.4) is 0 Å². The van der Waals surface area contributed by atoms with E-state index in [4.69, 9.17) is 0 Å². The third-order valence-electron chi connectivity index (χ3n) is 5.91. The Morgan fingerprint density at radius 3 is 2.20 bits per heavy atom. The Morgan fingerprint density at radius 1 is 0.933 bits per heavy atom. The molecule has 1 aliphatic heterocycles. The first kappa shape index (κ1) is 18.4. The summed E-state index contributed by atoms with van der Waals surface area (Å²) in [6.07, 6.45) is 2.60. The molecular formula is C26H22N2O2. The van der Waals surface area contributed by atoms with E-state index in [9.17, 15) is 9.59 Å². The van der Waals surface area contributed by atoms with Crippen LogP contribution in [0.5, 0.6) is 0 Å². The highest BCUT2D eigenvalue weighted by Gasteiger charge is 2.26.